The minimum Gasteiger partial charge on any atom is -0.396 e. The number of nitrogens with zero attached hydrogens (tertiary/aromatic N) is 1. The average molecular weight is 468 g/mol. The number of rotatable bonds is 12. The molecular weight excluding hydrogens is 426 g/mol. The normalized spacial score (nSPS) is 34.0. The van der Waals surface area contributed by atoms with E-state index in [2.05, 4.69) is 24.5 Å². The van der Waals surface area contributed by atoms with Crippen LogP contribution in [0, 0.1) is 11.8 Å². The molecule has 3 rings (SSSR count). The molecule has 3 fully saturated rings. The monoisotopic (exact) mass is 467 g/mol. The molecule has 3 aliphatic rings. The third kappa shape index (κ3) is 4.41. The molecule has 6 atom stereocenters. The van der Waals surface area contributed by atoms with Crippen molar-refractivity contribution in [1.29, 1.82) is 0 Å². The Morgan fingerprint density at radius 3 is 2.59 bits per heavy atom. The Labute approximate surface area is 196 Å². The topological polar surface area (TPSA) is 98.7 Å². The van der Waals surface area contributed by atoms with Crippen molar-refractivity contribution in [3.8, 4) is 0 Å². The van der Waals surface area contributed by atoms with E-state index in [1.165, 1.54) is 0 Å². The van der Waals surface area contributed by atoms with Crippen LogP contribution in [0.3, 0.4) is 0 Å². The van der Waals surface area contributed by atoms with Gasteiger partial charge >= 0.3 is 0 Å². The second kappa shape index (κ2) is 10.3. The Kier molecular flexibility index (Phi) is 8.18. The number of hydrogen-bond acceptors (Lipinski definition) is 5. The second-order valence-electron chi connectivity index (χ2n) is 10.0. The number of unbranched alkanes of at least 4 members (excludes halogenated alkanes) is 2. The molecule has 0 aliphatic carbocycles. The highest BCUT2D eigenvalue weighted by atomic mass is 32.2. The van der Waals surface area contributed by atoms with Gasteiger partial charge in [-0.1, -0.05) is 20.3 Å². The summed E-state index contributed by atoms with van der Waals surface area (Å²) < 4.78 is -0.845. The molecule has 182 valence electrons. The highest BCUT2D eigenvalue weighted by molar-refractivity contribution is 8.02. The van der Waals surface area contributed by atoms with E-state index < -0.39 is 22.6 Å². The summed E-state index contributed by atoms with van der Waals surface area (Å²) in [6, 6.07) is -0.485. The smallest absolute Gasteiger partial charge is 0.244 e. The van der Waals surface area contributed by atoms with Crippen LogP contribution >= 0.6 is 11.8 Å². The van der Waals surface area contributed by atoms with Gasteiger partial charge in [0.2, 0.25) is 17.7 Å². The minimum absolute atomic E-state index is 0.0372. The van der Waals surface area contributed by atoms with Crippen LogP contribution in [0.2, 0.25) is 0 Å². The van der Waals surface area contributed by atoms with Crippen molar-refractivity contribution in [1.82, 2.24) is 15.5 Å². The SMILES string of the molecule is CCCNC(=O)[C@@H]1[C@H]2C(=O)N(CCCCCO)C(C(=O)NC(C)CCC)C23CC[C@@]1(C)S3. The highest BCUT2D eigenvalue weighted by Gasteiger charge is 2.76. The summed E-state index contributed by atoms with van der Waals surface area (Å²) in [5.41, 5.74) is 0. The minimum atomic E-state index is -0.538. The van der Waals surface area contributed by atoms with Gasteiger partial charge in [0.1, 0.15) is 6.04 Å². The van der Waals surface area contributed by atoms with Gasteiger partial charge in [0.05, 0.1) is 16.6 Å². The zero-order chi connectivity index (χ0) is 23.5. The van der Waals surface area contributed by atoms with Crippen molar-refractivity contribution in [2.45, 2.75) is 101 Å². The van der Waals surface area contributed by atoms with Crippen LogP contribution in [-0.2, 0) is 14.4 Å². The average Bonchev–Trinajstić information content (AvgIpc) is 3.30. The van der Waals surface area contributed by atoms with Crippen LogP contribution < -0.4 is 10.6 Å². The molecule has 3 unspecified atom stereocenters. The Morgan fingerprint density at radius 1 is 1.19 bits per heavy atom. The summed E-state index contributed by atoms with van der Waals surface area (Å²) >= 11 is 1.73. The Bertz CT molecular complexity index is 719. The zero-order valence-electron chi connectivity index (χ0n) is 20.1. The summed E-state index contributed by atoms with van der Waals surface area (Å²) in [6.07, 6.45) is 6.61. The second-order valence-corrected chi connectivity index (χ2v) is 11.9. The molecule has 0 aromatic rings. The molecule has 32 heavy (non-hydrogen) atoms. The number of carbonyl (C=O) groups excluding carboxylic acids is 3. The molecular formula is C24H41N3O4S. The van der Waals surface area contributed by atoms with Crippen molar-refractivity contribution in [2.75, 3.05) is 19.7 Å². The number of carbonyl (C=O) groups is 3. The predicted molar refractivity (Wildman–Crippen MR) is 127 cm³/mol. The van der Waals surface area contributed by atoms with Crippen molar-refractivity contribution < 1.29 is 19.5 Å². The quantitative estimate of drug-likeness (QED) is 0.383. The molecule has 3 N–H and O–H groups in total. The maximum Gasteiger partial charge on any atom is 0.244 e. The first-order valence-corrected chi connectivity index (χ1v) is 13.3. The molecule has 3 heterocycles. The van der Waals surface area contributed by atoms with Crippen molar-refractivity contribution >= 4 is 29.5 Å². The van der Waals surface area contributed by atoms with Gasteiger partial charge in [-0.2, -0.15) is 0 Å². The predicted octanol–water partition coefficient (Wildman–Crippen LogP) is 2.46. The number of aliphatic hydroxyl groups excluding tert-OH is 1. The first kappa shape index (κ1) is 25.3. The summed E-state index contributed by atoms with van der Waals surface area (Å²) in [4.78, 5) is 42.4. The first-order valence-electron chi connectivity index (χ1n) is 12.4. The van der Waals surface area contributed by atoms with Gasteiger partial charge in [0.15, 0.2) is 0 Å². The third-order valence-corrected chi connectivity index (χ3v) is 9.51. The largest absolute Gasteiger partial charge is 0.396 e. The lowest BCUT2D eigenvalue weighted by Crippen LogP contribution is -2.55. The summed E-state index contributed by atoms with van der Waals surface area (Å²) in [5.74, 6) is -0.994. The number of aliphatic hydroxyl groups is 1. The number of nitrogens with one attached hydrogen (secondary N) is 2. The fourth-order valence-electron chi connectivity index (χ4n) is 6.12. The van der Waals surface area contributed by atoms with Crippen LogP contribution in [0.1, 0.15) is 79.1 Å². The molecule has 2 bridgehead atoms. The fraction of sp³-hybridized carbons (Fsp3) is 0.875. The Hall–Kier alpha value is -1.28. The van der Waals surface area contributed by atoms with Crippen LogP contribution in [0.4, 0.5) is 0 Å². The van der Waals surface area contributed by atoms with Gasteiger partial charge in [0.25, 0.3) is 0 Å². The molecule has 3 aliphatic heterocycles. The molecule has 0 radical (unpaired) electrons. The maximum atomic E-state index is 13.8. The molecule has 0 aromatic heterocycles. The molecule has 7 nitrogen and oxygen atoms in total. The van der Waals surface area contributed by atoms with Gasteiger partial charge in [-0.05, 0) is 58.8 Å². The third-order valence-electron chi connectivity index (χ3n) is 7.52. The van der Waals surface area contributed by atoms with Crippen LogP contribution in [-0.4, -0.2) is 69.0 Å². The maximum absolute atomic E-state index is 13.8. The molecule has 0 aromatic carbocycles. The lowest BCUT2D eigenvalue weighted by atomic mass is 9.66. The molecule has 3 saturated heterocycles. The van der Waals surface area contributed by atoms with Crippen LogP contribution in [0.15, 0.2) is 0 Å². The van der Waals surface area contributed by atoms with Gasteiger partial charge in [0, 0.05) is 30.5 Å². The van der Waals surface area contributed by atoms with Crippen LogP contribution in [0.25, 0.3) is 0 Å². The molecule has 1 spiro atoms. The standard InChI is InChI=1S/C24H41N3O4S/c1-5-10-16(3)26-21(30)19-24-12-11-23(4,32-24)17(20(29)25-13-6-2)18(24)22(31)27(19)14-8-7-9-15-28/h16-19,28H,5-15H2,1-4H3,(H,25,29)(H,26,30)/t16?,17-,18-,19?,23+,24?/m0/s1. The van der Waals surface area contributed by atoms with E-state index in [-0.39, 0.29) is 35.1 Å². The Balaban J connectivity index is 1.91. The number of fused-ring (bicyclic) bond motifs is 1. The van der Waals surface area contributed by atoms with E-state index in [1.807, 2.05) is 13.8 Å². The summed E-state index contributed by atoms with van der Waals surface area (Å²) in [6.45, 7) is 9.47. The van der Waals surface area contributed by atoms with E-state index in [4.69, 9.17) is 5.11 Å². The molecule has 0 saturated carbocycles. The Morgan fingerprint density at radius 2 is 1.94 bits per heavy atom. The van der Waals surface area contributed by atoms with Crippen molar-refractivity contribution in [3.63, 3.8) is 0 Å². The lowest BCUT2D eigenvalue weighted by molar-refractivity contribution is -0.140. The summed E-state index contributed by atoms with van der Waals surface area (Å²) in [5, 5.41) is 15.3. The van der Waals surface area contributed by atoms with Crippen molar-refractivity contribution in [2.24, 2.45) is 11.8 Å². The number of amides is 3. The summed E-state index contributed by atoms with van der Waals surface area (Å²) in [7, 11) is 0. The fourth-order valence-corrected chi connectivity index (χ4v) is 8.48. The van der Waals surface area contributed by atoms with E-state index in [1.54, 1.807) is 16.7 Å². The van der Waals surface area contributed by atoms with E-state index in [9.17, 15) is 14.4 Å². The number of thioether (sulfide) groups is 1. The molecule has 3 amide bonds. The van der Waals surface area contributed by atoms with Gasteiger partial charge in [-0.15, -0.1) is 11.8 Å². The molecule has 8 heteroatoms. The first-order chi connectivity index (χ1) is 15.3. The number of likely N-dealkylation sites (tertiary alicyclic amines) is 1. The van der Waals surface area contributed by atoms with Gasteiger partial charge in [-0.3, -0.25) is 14.4 Å². The van der Waals surface area contributed by atoms with Crippen molar-refractivity contribution in [3.05, 3.63) is 0 Å². The van der Waals surface area contributed by atoms with E-state index >= 15 is 0 Å². The zero-order valence-corrected chi connectivity index (χ0v) is 20.9. The van der Waals surface area contributed by atoms with E-state index in [0.717, 1.165) is 44.9 Å². The van der Waals surface area contributed by atoms with Gasteiger partial charge in [-0.25, -0.2) is 0 Å². The number of hydrogen-bond donors (Lipinski definition) is 3. The van der Waals surface area contributed by atoms with Crippen LogP contribution in [0.5, 0.6) is 0 Å². The highest BCUT2D eigenvalue weighted by Crippen LogP contribution is 2.71. The van der Waals surface area contributed by atoms with E-state index in [0.29, 0.717) is 19.5 Å². The lowest BCUT2D eigenvalue weighted by Gasteiger charge is -2.35. The van der Waals surface area contributed by atoms with Gasteiger partial charge < -0.3 is 20.6 Å².